The van der Waals surface area contributed by atoms with E-state index in [0.29, 0.717) is 6.42 Å². The Labute approximate surface area is 85.4 Å². The van der Waals surface area contributed by atoms with Crippen LogP contribution in [0.2, 0.25) is 0 Å². The average molecular weight is 200 g/mol. The summed E-state index contributed by atoms with van der Waals surface area (Å²) in [7, 11) is 1.85. The van der Waals surface area contributed by atoms with Crippen LogP contribution in [0.25, 0.3) is 0 Å². The third-order valence-corrected chi connectivity index (χ3v) is 1.93. The van der Waals surface area contributed by atoms with Crippen molar-refractivity contribution >= 4 is 11.7 Å². The van der Waals surface area contributed by atoms with Crippen molar-refractivity contribution in [3.8, 4) is 0 Å². The van der Waals surface area contributed by atoms with E-state index in [1.54, 1.807) is 0 Å². The first-order chi connectivity index (χ1) is 6.57. The summed E-state index contributed by atoms with van der Waals surface area (Å²) in [6.07, 6.45) is 1.28. The summed E-state index contributed by atoms with van der Waals surface area (Å²) < 4.78 is 0. The lowest BCUT2D eigenvalue weighted by Crippen LogP contribution is -2.31. The molecular weight excluding hydrogens is 180 g/mol. The van der Waals surface area contributed by atoms with Crippen molar-refractivity contribution < 1.29 is 9.59 Å². The quantitative estimate of drug-likeness (QED) is 0.582. The van der Waals surface area contributed by atoms with Crippen LogP contribution in [-0.4, -0.2) is 31.8 Å². The first-order valence-electron chi connectivity index (χ1n) is 5.02. The van der Waals surface area contributed by atoms with Gasteiger partial charge < -0.3 is 10.6 Å². The van der Waals surface area contributed by atoms with E-state index in [0.717, 1.165) is 13.0 Å². The van der Waals surface area contributed by atoms with E-state index >= 15 is 0 Å². The minimum Gasteiger partial charge on any atom is -0.349 e. The topological polar surface area (TPSA) is 58.2 Å². The number of rotatable bonds is 7. The van der Waals surface area contributed by atoms with E-state index in [2.05, 4.69) is 10.6 Å². The van der Waals surface area contributed by atoms with Gasteiger partial charge in [-0.25, -0.2) is 0 Å². The normalized spacial score (nSPS) is 10.3. The summed E-state index contributed by atoms with van der Waals surface area (Å²) in [5, 5.41) is 5.57. The average Bonchev–Trinajstić information content (AvgIpc) is 2.14. The van der Waals surface area contributed by atoms with Gasteiger partial charge in [-0.05, 0) is 20.0 Å². The molecule has 0 fully saturated rings. The van der Waals surface area contributed by atoms with Crippen LogP contribution in [0.1, 0.15) is 26.7 Å². The van der Waals surface area contributed by atoms with Crippen molar-refractivity contribution in [1.82, 2.24) is 10.6 Å². The molecule has 0 aromatic carbocycles. The van der Waals surface area contributed by atoms with Gasteiger partial charge in [-0.2, -0.15) is 0 Å². The van der Waals surface area contributed by atoms with E-state index in [-0.39, 0.29) is 24.2 Å². The summed E-state index contributed by atoms with van der Waals surface area (Å²) in [5.74, 6) is 0.0221. The molecule has 0 saturated heterocycles. The number of hydrogen-bond donors (Lipinski definition) is 2. The van der Waals surface area contributed by atoms with Gasteiger partial charge in [-0.15, -0.1) is 0 Å². The number of amides is 1. The Balaban J connectivity index is 3.49. The highest BCUT2D eigenvalue weighted by Crippen LogP contribution is 1.93. The number of nitrogens with one attached hydrogen (secondary N) is 2. The second-order valence-corrected chi connectivity index (χ2v) is 3.60. The summed E-state index contributed by atoms with van der Waals surface area (Å²) in [6.45, 7) is 4.65. The number of carbonyl (C=O) groups excluding carboxylic acids is 2. The molecule has 0 bridgehead atoms. The third kappa shape index (κ3) is 6.60. The highest BCUT2D eigenvalue weighted by atomic mass is 16.2. The van der Waals surface area contributed by atoms with Crippen molar-refractivity contribution in [2.75, 3.05) is 20.1 Å². The van der Waals surface area contributed by atoms with Crippen LogP contribution in [0.4, 0.5) is 0 Å². The first kappa shape index (κ1) is 13.1. The number of hydrogen-bond acceptors (Lipinski definition) is 3. The molecule has 0 unspecified atom stereocenters. The van der Waals surface area contributed by atoms with Crippen molar-refractivity contribution in [1.29, 1.82) is 0 Å². The van der Waals surface area contributed by atoms with Crippen molar-refractivity contribution in [3.63, 3.8) is 0 Å². The van der Waals surface area contributed by atoms with Crippen LogP contribution in [0.5, 0.6) is 0 Å². The van der Waals surface area contributed by atoms with Gasteiger partial charge in [-0.1, -0.05) is 13.8 Å². The molecular formula is C10H20N2O2. The lowest BCUT2D eigenvalue weighted by molar-refractivity contribution is -0.126. The Morgan fingerprint density at radius 3 is 2.43 bits per heavy atom. The predicted octanol–water partition coefficient (Wildman–Crippen LogP) is 0.327. The molecule has 0 heterocycles. The highest BCUT2D eigenvalue weighted by Gasteiger charge is 2.08. The zero-order chi connectivity index (χ0) is 11.0. The molecule has 4 heteroatoms. The fraction of sp³-hybridized carbons (Fsp3) is 0.800. The van der Waals surface area contributed by atoms with Gasteiger partial charge in [0, 0.05) is 12.3 Å². The molecule has 0 atom stereocenters. The summed E-state index contributed by atoms with van der Waals surface area (Å²) in [4.78, 5) is 22.3. The first-order valence-corrected chi connectivity index (χ1v) is 5.02. The Kier molecular flexibility index (Phi) is 7.02. The van der Waals surface area contributed by atoms with Crippen LogP contribution in [0.3, 0.4) is 0 Å². The SMILES string of the molecule is CNCCCC(=O)NCC(=O)C(C)C. The van der Waals surface area contributed by atoms with Gasteiger partial charge in [0.1, 0.15) is 0 Å². The van der Waals surface area contributed by atoms with E-state index < -0.39 is 0 Å². The van der Waals surface area contributed by atoms with Gasteiger partial charge in [0.05, 0.1) is 6.54 Å². The summed E-state index contributed by atoms with van der Waals surface area (Å²) >= 11 is 0. The molecule has 14 heavy (non-hydrogen) atoms. The smallest absolute Gasteiger partial charge is 0.220 e. The number of carbonyl (C=O) groups is 2. The monoisotopic (exact) mass is 200 g/mol. The summed E-state index contributed by atoms with van der Waals surface area (Å²) in [5.41, 5.74) is 0. The highest BCUT2D eigenvalue weighted by molar-refractivity contribution is 5.87. The van der Waals surface area contributed by atoms with Crippen LogP contribution in [0, 0.1) is 5.92 Å². The van der Waals surface area contributed by atoms with E-state index in [1.807, 2.05) is 20.9 Å². The molecule has 1 amide bonds. The van der Waals surface area contributed by atoms with Gasteiger partial charge in [0.25, 0.3) is 0 Å². The van der Waals surface area contributed by atoms with E-state index in [1.165, 1.54) is 0 Å². The van der Waals surface area contributed by atoms with Crippen LogP contribution in [-0.2, 0) is 9.59 Å². The Hall–Kier alpha value is -0.900. The molecule has 2 N–H and O–H groups in total. The predicted molar refractivity (Wildman–Crippen MR) is 56.0 cm³/mol. The number of ketones is 1. The molecule has 0 radical (unpaired) electrons. The molecule has 0 aliphatic rings. The maximum absolute atomic E-state index is 11.2. The fourth-order valence-corrected chi connectivity index (χ4v) is 0.904. The molecule has 0 aliphatic carbocycles. The Bertz CT molecular complexity index is 191. The zero-order valence-corrected chi connectivity index (χ0v) is 9.22. The molecule has 0 aliphatic heterocycles. The van der Waals surface area contributed by atoms with Crippen molar-refractivity contribution in [2.24, 2.45) is 5.92 Å². The maximum Gasteiger partial charge on any atom is 0.220 e. The molecule has 0 rings (SSSR count). The van der Waals surface area contributed by atoms with Crippen LogP contribution in [0.15, 0.2) is 0 Å². The molecule has 4 nitrogen and oxygen atoms in total. The van der Waals surface area contributed by atoms with Gasteiger partial charge >= 0.3 is 0 Å². The number of Topliss-reactive ketones (excluding diaryl/α,β-unsaturated/α-hetero) is 1. The summed E-state index contributed by atoms with van der Waals surface area (Å²) in [6, 6.07) is 0. The minimum atomic E-state index is -0.0470. The molecule has 0 aromatic rings. The third-order valence-electron chi connectivity index (χ3n) is 1.93. The zero-order valence-electron chi connectivity index (χ0n) is 9.22. The second-order valence-electron chi connectivity index (χ2n) is 3.60. The lowest BCUT2D eigenvalue weighted by atomic mass is 10.1. The van der Waals surface area contributed by atoms with Crippen molar-refractivity contribution in [2.45, 2.75) is 26.7 Å². The lowest BCUT2D eigenvalue weighted by Gasteiger charge is -2.06. The van der Waals surface area contributed by atoms with Crippen molar-refractivity contribution in [3.05, 3.63) is 0 Å². The minimum absolute atomic E-state index is 0.00684. The molecule has 82 valence electrons. The van der Waals surface area contributed by atoms with E-state index in [9.17, 15) is 9.59 Å². The standard InChI is InChI=1S/C10H20N2O2/c1-8(2)9(13)7-12-10(14)5-4-6-11-3/h8,11H,4-7H2,1-3H3,(H,12,14). The van der Waals surface area contributed by atoms with Gasteiger partial charge in [0.15, 0.2) is 5.78 Å². The Morgan fingerprint density at radius 2 is 1.93 bits per heavy atom. The molecule has 0 aromatic heterocycles. The van der Waals surface area contributed by atoms with Gasteiger partial charge in [-0.3, -0.25) is 9.59 Å². The Morgan fingerprint density at radius 1 is 1.29 bits per heavy atom. The molecule has 0 saturated carbocycles. The maximum atomic E-state index is 11.2. The molecule has 0 spiro atoms. The van der Waals surface area contributed by atoms with Crippen LogP contribution >= 0.6 is 0 Å². The van der Waals surface area contributed by atoms with E-state index in [4.69, 9.17) is 0 Å². The van der Waals surface area contributed by atoms with Crippen LogP contribution < -0.4 is 10.6 Å². The van der Waals surface area contributed by atoms with Gasteiger partial charge in [0.2, 0.25) is 5.91 Å². The second kappa shape index (κ2) is 7.50. The largest absolute Gasteiger partial charge is 0.349 e. The fourth-order valence-electron chi connectivity index (χ4n) is 0.904.